The van der Waals surface area contributed by atoms with E-state index in [4.69, 9.17) is 5.10 Å². The lowest BCUT2D eigenvalue weighted by Crippen LogP contribution is -2.25. The topological polar surface area (TPSA) is 59.8 Å². The number of carbonyl (C=O) groups excluding carboxylic acids is 1. The Balaban J connectivity index is 2.02. The molecular formula is C23H28N4O. The highest BCUT2D eigenvalue weighted by atomic mass is 16.1. The quantitative estimate of drug-likeness (QED) is 0.675. The first-order valence-electron chi connectivity index (χ1n) is 9.75. The number of nitrogens with one attached hydrogen (secondary N) is 1. The molecule has 0 aliphatic carbocycles. The van der Waals surface area contributed by atoms with Gasteiger partial charge in [-0.2, -0.15) is 5.10 Å². The molecule has 0 fully saturated rings. The fourth-order valence-corrected chi connectivity index (χ4v) is 3.27. The van der Waals surface area contributed by atoms with Crippen molar-refractivity contribution in [2.24, 2.45) is 0 Å². The molecule has 5 nitrogen and oxygen atoms in total. The van der Waals surface area contributed by atoms with Crippen LogP contribution in [0.1, 0.15) is 72.4 Å². The van der Waals surface area contributed by atoms with Crippen LogP contribution in [0, 0.1) is 6.92 Å². The number of carbonyl (C=O) groups is 1. The Hall–Kier alpha value is -2.95. The molecule has 0 spiro atoms. The van der Waals surface area contributed by atoms with Gasteiger partial charge in [-0.15, -0.1) is 0 Å². The Morgan fingerprint density at radius 3 is 2.21 bits per heavy atom. The number of aromatic nitrogens is 3. The smallest absolute Gasteiger partial charge is 0.255 e. The fourth-order valence-electron chi connectivity index (χ4n) is 3.27. The molecule has 3 rings (SSSR count). The molecule has 0 unspecified atom stereocenters. The van der Waals surface area contributed by atoms with E-state index in [0.29, 0.717) is 12.1 Å². The molecule has 0 saturated carbocycles. The monoisotopic (exact) mass is 376 g/mol. The second kappa shape index (κ2) is 8.38. The van der Waals surface area contributed by atoms with E-state index in [0.717, 1.165) is 22.6 Å². The summed E-state index contributed by atoms with van der Waals surface area (Å²) in [7, 11) is 0. The normalized spacial score (nSPS) is 11.2. The maximum absolute atomic E-state index is 13.2. The molecule has 0 atom stereocenters. The van der Waals surface area contributed by atoms with E-state index >= 15 is 0 Å². The van der Waals surface area contributed by atoms with Gasteiger partial charge in [0.1, 0.15) is 0 Å². The molecule has 0 bridgehead atoms. The minimum absolute atomic E-state index is 0.0810. The van der Waals surface area contributed by atoms with Crippen molar-refractivity contribution in [1.82, 2.24) is 20.1 Å². The Labute approximate surface area is 166 Å². The molecule has 1 aromatic carbocycles. The fraction of sp³-hybridized carbons (Fsp3) is 0.348. The number of hydrogen-bond donors (Lipinski definition) is 1. The van der Waals surface area contributed by atoms with Crippen LogP contribution in [0.15, 0.2) is 48.8 Å². The molecule has 28 heavy (non-hydrogen) atoms. The van der Waals surface area contributed by atoms with Crippen molar-refractivity contribution < 1.29 is 4.79 Å². The number of pyridine rings is 1. The van der Waals surface area contributed by atoms with Crippen LogP contribution in [-0.4, -0.2) is 20.7 Å². The van der Waals surface area contributed by atoms with Crippen LogP contribution < -0.4 is 5.32 Å². The molecule has 1 amide bonds. The molecule has 0 aliphatic heterocycles. The van der Waals surface area contributed by atoms with E-state index in [-0.39, 0.29) is 17.7 Å². The van der Waals surface area contributed by atoms with Crippen molar-refractivity contribution in [2.75, 3.05) is 0 Å². The number of hydrogen-bond acceptors (Lipinski definition) is 3. The SMILES string of the molecule is Cc1ccc(-n2nc(C(C)C)c(C(=O)NCc3ccncc3)c2C(C)C)cc1. The summed E-state index contributed by atoms with van der Waals surface area (Å²) < 4.78 is 1.93. The molecule has 0 saturated heterocycles. The molecule has 0 radical (unpaired) electrons. The zero-order chi connectivity index (χ0) is 20.3. The minimum Gasteiger partial charge on any atom is -0.348 e. The predicted octanol–water partition coefficient (Wildman–Crippen LogP) is 4.75. The Kier molecular flexibility index (Phi) is 5.93. The van der Waals surface area contributed by atoms with E-state index in [1.54, 1.807) is 12.4 Å². The number of aryl methyl sites for hydroxylation is 1. The third-order valence-corrected chi connectivity index (χ3v) is 4.75. The Bertz CT molecular complexity index is 941. The van der Waals surface area contributed by atoms with Gasteiger partial charge in [0.2, 0.25) is 0 Å². The summed E-state index contributed by atoms with van der Waals surface area (Å²) in [6.07, 6.45) is 3.46. The second-order valence-corrected chi connectivity index (χ2v) is 7.74. The number of benzene rings is 1. The van der Waals surface area contributed by atoms with E-state index < -0.39 is 0 Å². The van der Waals surface area contributed by atoms with Crippen molar-refractivity contribution in [1.29, 1.82) is 0 Å². The van der Waals surface area contributed by atoms with Gasteiger partial charge in [-0.1, -0.05) is 45.4 Å². The molecule has 3 aromatic rings. The third kappa shape index (κ3) is 4.14. The molecule has 146 valence electrons. The van der Waals surface area contributed by atoms with Crippen molar-refractivity contribution >= 4 is 5.91 Å². The largest absolute Gasteiger partial charge is 0.348 e. The summed E-state index contributed by atoms with van der Waals surface area (Å²) in [6.45, 7) is 10.9. The Morgan fingerprint density at radius 1 is 1.00 bits per heavy atom. The molecule has 2 aromatic heterocycles. The molecule has 1 N–H and O–H groups in total. The van der Waals surface area contributed by atoms with Gasteiger partial charge in [-0.05, 0) is 48.6 Å². The first-order chi connectivity index (χ1) is 13.4. The molecule has 0 aliphatic rings. The second-order valence-electron chi connectivity index (χ2n) is 7.74. The molecular weight excluding hydrogens is 348 g/mol. The van der Waals surface area contributed by atoms with Crippen molar-refractivity contribution in [3.63, 3.8) is 0 Å². The summed E-state index contributed by atoms with van der Waals surface area (Å²) in [5, 5.41) is 7.91. The lowest BCUT2D eigenvalue weighted by molar-refractivity contribution is 0.0948. The first kappa shape index (κ1) is 19.8. The van der Waals surface area contributed by atoms with Gasteiger partial charge in [0.05, 0.1) is 22.6 Å². The summed E-state index contributed by atoms with van der Waals surface area (Å²) in [4.78, 5) is 17.2. The Morgan fingerprint density at radius 2 is 1.64 bits per heavy atom. The number of rotatable bonds is 6. The average molecular weight is 377 g/mol. The van der Waals surface area contributed by atoms with Crippen molar-refractivity contribution in [3.05, 3.63) is 76.9 Å². The average Bonchev–Trinajstić information content (AvgIpc) is 3.09. The summed E-state index contributed by atoms with van der Waals surface area (Å²) >= 11 is 0. The zero-order valence-electron chi connectivity index (χ0n) is 17.2. The van der Waals surface area contributed by atoms with Gasteiger partial charge < -0.3 is 5.32 Å². The van der Waals surface area contributed by atoms with Crippen LogP contribution in [0.5, 0.6) is 0 Å². The summed E-state index contributed by atoms with van der Waals surface area (Å²) in [5.41, 5.74) is 5.66. The standard InChI is InChI=1S/C23H28N4O/c1-15(2)21-20(23(28)25-14-18-10-12-24-13-11-18)22(16(3)4)27(26-21)19-8-6-17(5)7-9-19/h6-13,15-16H,14H2,1-5H3,(H,25,28). The van der Waals surface area contributed by atoms with Gasteiger partial charge in [0.15, 0.2) is 0 Å². The maximum atomic E-state index is 13.2. The van der Waals surface area contributed by atoms with E-state index in [2.05, 4.69) is 69.2 Å². The van der Waals surface area contributed by atoms with Gasteiger partial charge in [-0.25, -0.2) is 4.68 Å². The van der Waals surface area contributed by atoms with Crippen molar-refractivity contribution in [2.45, 2.75) is 53.0 Å². The van der Waals surface area contributed by atoms with Crippen LogP contribution in [0.25, 0.3) is 5.69 Å². The van der Waals surface area contributed by atoms with Crippen LogP contribution in [-0.2, 0) is 6.54 Å². The molecule has 2 heterocycles. The third-order valence-electron chi connectivity index (χ3n) is 4.75. The van der Waals surface area contributed by atoms with Gasteiger partial charge in [-0.3, -0.25) is 9.78 Å². The van der Waals surface area contributed by atoms with E-state index in [9.17, 15) is 4.79 Å². The van der Waals surface area contributed by atoms with Gasteiger partial charge in [0.25, 0.3) is 5.91 Å². The van der Waals surface area contributed by atoms with Gasteiger partial charge >= 0.3 is 0 Å². The van der Waals surface area contributed by atoms with Crippen molar-refractivity contribution in [3.8, 4) is 5.69 Å². The predicted molar refractivity (Wildman–Crippen MR) is 112 cm³/mol. The van der Waals surface area contributed by atoms with Crippen LogP contribution in [0.3, 0.4) is 0 Å². The number of nitrogens with zero attached hydrogens (tertiary/aromatic N) is 3. The van der Waals surface area contributed by atoms with E-state index in [1.165, 1.54) is 5.56 Å². The highest BCUT2D eigenvalue weighted by Crippen LogP contribution is 2.30. The van der Waals surface area contributed by atoms with Crippen LogP contribution in [0.2, 0.25) is 0 Å². The lowest BCUT2D eigenvalue weighted by atomic mass is 9.98. The van der Waals surface area contributed by atoms with E-state index in [1.807, 2.05) is 16.8 Å². The highest BCUT2D eigenvalue weighted by Gasteiger charge is 2.27. The summed E-state index contributed by atoms with van der Waals surface area (Å²) in [6, 6.07) is 12.1. The van der Waals surface area contributed by atoms with Gasteiger partial charge in [0, 0.05) is 18.9 Å². The first-order valence-corrected chi connectivity index (χ1v) is 9.75. The highest BCUT2D eigenvalue weighted by molar-refractivity contribution is 5.97. The number of amides is 1. The maximum Gasteiger partial charge on any atom is 0.255 e. The molecule has 5 heteroatoms. The van der Waals surface area contributed by atoms with Crippen LogP contribution in [0.4, 0.5) is 0 Å². The summed E-state index contributed by atoms with van der Waals surface area (Å²) in [5.74, 6) is 0.219. The lowest BCUT2D eigenvalue weighted by Gasteiger charge is -2.14. The minimum atomic E-state index is -0.0810. The van der Waals surface area contributed by atoms with Crippen LogP contribution >= 0.6 is 0 Å². The zero-order valence-corrected chi connectivity index (χ0v) is 17.2.